The van der Waals surface area contributed by atoms with E-state index in [9.17, 15) is 4.79 Å². The largest absolute Gasteiger partial charge is 0.493 e. The molecule has 2 aromatic carbocycles. The minimum Gasteiger partial charge on any atom is -0.493 e. The predicted molar refractivity (Wildman–Crippen MR) is 117 cm³/mol. The van der Waals surface area contributed by atoms with Crippen molar-refractivity contribution in [3.63, 3.8) is 0 Å². The van der Waals surface area contributed by atoms with Gasteiger partial charge in [-0.25, -0.2) is 0 Å². The van der Waals surface area contributed by atoms with Crippen LogP contribution in [0.1, 0.15) is 42.1 Å². The summed E-state index contributed by atoms with van der Waals surface area (Å²) in [6.07, 6.45) is 6.41. The molecule has 0 spiro atoms. The number of ether oxygens (including phenoxy) is 4. The maximum Gasteiger partial charge on any atom is 0.260 e. The van der Waals surface area contributed by atoms with Crippen LogP contribution in [0.2, 0.25) is 0 Å². The number of benzene rings is 2. The lowest BCUT2D eigenvalue weighted by Gasteiger charge is -2.19. The number of fused-ring (bicyclic) bond motifs is 3. The van der Waals surface area contributed by atoms with Gasteiger partial charge in [-0.2, -0.15) is 0 Å². The van der Waals surface area contributed by atoms with Crippen molar-refractivity contribution in [2.24, 2.45) is 4.99 Å². The number of unbranched alkanes of at least 4 members (excludes halogenated alkanes) is 1. The highest BCUT2D eigenvalue weighted by molar-refractivity contribution is 6.05. The third-order valence-corrected chi connectivity index (χ3v) is 5.71. The zero-order valence-electron chi connectivity index (χ0n) is 17.6. The first-order valence-electron chi connectivity index (χ1n) is 10.5. The Labute approximate surface area is 180 Å². The molecule has 5 rings (SSSR count). The first kappa shape index (κ1) is 19.5. The highest BCUT2D eigenvalue weighted by Crippen LogP contribution is 2.41. The topological polar surface area (TPSA) is 69.6 Å². The lowest BCUT2D eigenvalue weighted by atomic mass is 10.0. The minimum atomic E-state index is -0.143. The first-order chi connectivity index (χ1) is 15.2. The number of amides is 1. The van der Waals surface area contributed by atoms with Crippen LogP contribution in [0.3, 0.4) is 0 Å². The number of aliphatic imine (C=N–C) groups is 1. The van der Waals surface area contributed by atoms with Crippen molar-refractivity contribution in [2.75, 3.05) is 20.5 Å². The summed E-state index contributed by atoms with van der Waals surface area (Å²) in [6, 6.07) is 9.23. The van der Waals surface area contributed by atoms with Gasteiger partial charge in [0.2, 0.25) is 6.79 Å². The summed E-state index contributed by atoms with van der Waals surface area (Å²) in [5, 5.41) is 0. The zero-order chi connectivity index (χ0) is 21.4. The van der Waals surface area contributed by atoms with Crippen molar-refractivity contribution in [1.82, 2.24) is 4.90 Å². The standard InChI is InChI=1S/C24H24N2O5/c1-3-4-7-29-23-11-19-18(10-21(23)28-2)24(27)26-13-16(8-17(26)12-25-19)15-5-6-20-22(9-15)31-14-30-20/h5-6,9-13,17H,3-4,7-8,14H2,1-2H3/t17-/m0/s1. The molecule has 31 heavy (non-hydrogen) atoms. The van der Waals surface area contributed by atoms with Gasteiger partial charge in [-0.15, -0.1) is 0 Å². The maximum atomic E-state index is 13.4. The van der Waals surface area contributed by atoms with Crippen LogP contribution in [0.5, 0.6) is 23.0 Å². The smallest absolute Gasteiger partial charge is 0.260 e. The van der Waals surface area contributed by atoms with Gasteiger partial charge in [0.05, 0.1) is 31.0 Å². The predicted octanol–water partition coefficient (Wildman–Crippen LogP) is 4.57. The van der Waals surface area contributed by atoms with Gasteiger partial charge in [0.1, 0.15) is 0 Å². The fourth-order valence-electron chi connectivity index (χ4n) is 3.99. The molecular weight excluding hydrogens is 396 g/mol. The Bertz CT molecular complexity index is 1090. The van der Waals surface area contributed by atoms with E-state index in [-0.39, 0.29) is 18.7 Å². The van der Waals surface area contributed by atoms with Crippen LogP contribution in [0, 0.1) is 0 Å². The van der Waals surface area contributed by atoms with Crippen molar-refractivity contribution in [3.8, 4) is 23.0 Å². The van der Waals surface area contributed by atoms with E-state index in [2.05, 4.69) is 11.9 Å². The van der Waals surface area contributed by atoms with E-state index in [1.807, 2.05) is 30.6 Å². The van der Waals surface area contributed by atoms with Gasteiger partial charge in [-0.1, -0.05) is 19.4 Å². The molecule has 0 N–H and O–H groups in total. The maximum absolute atomic E-state index is 13.4. The minimum absolute atomic E-state index is 0.105. The van der Waals surface area contributed by atoms with Crippen LogP contribution in [0.15, 0.2) is 41.5 Å². The van der Waals surface area contributed by atoms with Crippen molar-refractivity contribution >= 4 is 23.4 Å². The van der Waals surface area contributed by atoms with E-state index >= 15 is 0 Å². The Morgan fingerprint density at radius 1 is 1.16 bits per heavy atom. The van der Waals surface area contributed by atoms with E-state index < -0.39 is 0 Å². The molecule has 0 unspecified atom stereocenters. The third-order valence-electron chi connectivity index (χ3n) is 5.71. The number of carbonyl (C=O) groups is 1. The Kier molecular flexibility index (Phi) is 5.02. The van der Waals surface area contributed by atoms with Crippen molar-refractivity contribution in [1.29, 1.82) is 0 Å². The van der Waals surface area contributed by atoms with Crippen LogP contribution in [-0.4, -0.2) is 43.6 Å². The second-order valence-corrected chi connectivity index (χ2v) is 7.71. The van der Waals surface area contributed by atoms with E-state index in [4.69, 9.17) is 18.9 Å². The summed E-state index contributed by atoms with van der Waals surface area (Å²) < 4.78 is 22.2. The second-order valence-electron chi connectivity index (χ2n) is 7.71. The lowest BCUT2D eigenvalue weighted by molar-refractivity contribution is 0.0817. The summed E-state index contributed by atoms with van der Waals surface area (Å²) in [4.78, 5) is 19.8. The molecule has 0 saturated heterocycles. The zero-order valence-corrected chi connectivity index (χ0v) is 17.6. The fraction of sp³-hybridized carbons (Fsp3) is 0.333. The molecule has 0 fully saturated rings. The molecule has 160 valence electrons. The highest BCUT2D eigenvalue weighted by atomic mass is 16.7. The molecule has 0 bridgehead atoms. The van der Waals surface area contributed by atoms with Gasteiger partial charge in [-0.3, -0.25) is 9.79 Å². The molecule has 1 amide bonds. The number of rotatable bonds is 6. The molecule has 7 nitrogen and oxygen atoms in total. The first-order valence-corrected chi connectivity index (χ1v) is 10.5. The lowest BCUT2D eigenvalue weighted by Crippen LogP contribution is -2.32. The van der Waals surface area contributed by atoms with Gasteiger partial charge in [0, 0.05) is 24.9 Å². The van der Waals surface area contributed by atoms with Crippen LogP contribution in [-0.2, 0) is 0 Å². The Hall–Kier alpha value is -3.48. The average molecular weight is 420 g/mol. The number of carbonyl (C=O) groups excluding carboxylic acids is 1. The Morgan fingerprint density at radius 2 is 2.03 bits per heavy atom. The summed E-state index contributed by atoms with van der Waals surface area (Å²) in [6.45, 7) is 2.94. The molecule has 2 aromatic rings. The fourth-order valence-corrected chi connectivity index (χ4v) is 3.99. The third kappa shape index (κ3) is 3.50. The molecule has 3 aliphatic heterocycles. The molecule has 3 heterocycles. The number of nitrogens with zero attached hydrogens (tertiary/aromatic N) is 2. The molecule has 3 aliphatic rings. The number of hydrogen-bond donors (Lipinski definition) is 0. The van der Waals surface area contributed by atoms with Crippen molar-refractivity contribution in [2.45, 2.75) is 32.2 Å². The van der Waals surface area contributed by atoms with E-state index in [0.29, 0.717) is 35.8 Å². The molecule has 0 aliphatic carbocycles. The van der Waals surface area contributed by atoms with Gasteiger partial charge in [0.25, 0.3) is 5.91 Å². The monoisotopic (exact) mass is 420 g/mol. The van der Waals surface area contributed by atoms with Gasteiger partial charge >= 0.3 is 0 Å². The summed E-state index contributed by atoms with van der Waals surface area (Å²) >= 11 is 0. The van der Waals surface area contributed by atoms with Gasteiger partial charge in [-0.05, 0) is 35.8 Å². The van der Waals surface area contributed by atoms with Crippen LogP contribution >= 0.6 is 0 Å². The second kappa shape index (κ2) is 7.98. The van der Waals surface area contributed by atoms with E-state index in [1.165, 1.54) is 0 Å². The quantitative estimate of drug-likeness (QED) is 0.640. The summed E-state index contributed by atoms with van der Waals surface area (Å²) in [5.74, 6) is 2.51. The Morgan fingerprint density at radius 3 is 2.87 bits per heavy atom. The van der Waals surface area contributed by atoms with Gasteiger partial charge in [0.15, 0.2) is 23.0 Å². The summed E-state index contributed by atoms with van der Waals surface area (Å²) in [7, 11) is 1.58. The highest BCUT2D eigenvalue weighted by Gasteiger charge is 2.33. The molecule has 7 heteroatoms. The molecule has 0 aromatic heterocycles. The van der Waals surface area contributed by atoms with Crippen LogP contribution in [0.25, 0.3) is 5.57 Å². The molecule has 1 atom stereocenters. The number of methoxy groups -OCH3 is 1. The Balaban J connectivity index is 1.45. The van der Waals surface area contributed by atoms with E-state index in [0.717, 1.165) is 35.5 Å². The van der Waals surface area contributed by atoms with Crippen LogP contribution < -0.4 is 18.9 Å². The summed E-state index contributed by atoms with van der Waals surface area (Å²) in [5.41, 5.74) is 3.17. The molecular formula is C24H24N2O5. The normalized spacial score (nSPS) is 18.4. The SMILES string of the molecule is CCCCOc1cc2c(cc1OC)C(=O)N1C=C(c3ccc4c(c3)OCO4)C[C@H]1C=N2. The van der Waals surface area contributed by atoms with Crippen molar-refractivity contribution in [3.05, 3.63) is 47.7 Å². The van der Waals surface area contributed by atoms with E-state index in [1.54, 1.807) is 24.1 Å². The number of hydrogen-bond acceptors (Lipinski definition) is 6. The van der Waals surface area contributed by atoms with Gasteiger partial charge < -0.3 is 23.8 Å². The average Bonchev–Trinajstić information content (AvgIpc) is 3.41. The molecule has 0 radical (unpaired) electrons. The van der Waals surface area contributed by atoms with Crippen molar-refractivity contribution < 1.29 is 23.7 Å². The molecule has 0 saturated carbocycles. The van der Waals surface area contributed by atoms with Crippen LogP contribution in [0.4, 0.5) is 5.69 Å².